The first-order valence-corrected chi connectivity index (χ1v) is 7.18. The molecule has 0 spiro atoms. The van der Waals surface area contributed by atoms with Gasteiger partial charge in [-0.15, -0.1) is 0 Å². The summed E-state index contributed by atoms with van der Waals surface area (Å²) in [6.07, 6.45) is 3.66. The van der Waals surface area contributed by atoms with Gasteiger partial charge in [-0.1, -0.05) is 6.42 Å². The Morgan fingerprint density at radius 2 is 2.00 bits per heavy atom. The average molecular weight is 274 g/mol. The van der Waals surface area contributed by atoms with Crippen molar-refractivity contribution in [3.63, 3.8) is 0 Å². The van der Waals surface area contributed by atoms with E-state index in [9.17, 15) is 9.18 Å². The summed E-state index contributed by atoms with van der Waals surface area (Å²) >= 11 is 0. The van der Waals surface area contributed by atoms with Crippen LogP contribution in [0.25, 0.3) is 10.9 Å². The molecule has 1 aromatic heterocycles. The molecule has 0 radical (unpaired) electrons. The first kappa shape index (κ1) is 13.3. The van der Waals surface area contributed by atoms with Crippen LogP contribution in [0.4, 0.5) is 4.39 Å². The van der Waals surface area contributed by atoms with E-state index in [-0.39, 0.29) is 11.2 Å². The van der Waals surface area contributed by atoms with Crippen molar-refractivity contribution in [2.24, 2.45) is 0 Å². The maximum absolute atomic E-state index is 13.3. The lowest BCUT2D eigenvalue weighted by molar-refractivity contribution is 0.220. The maximum atomic E-state index is 13.3. The number of aryl methyl sites for hydroxylation is 1. The van der Waals surface area contributed by atoms with Crippen LogP contribution < -0.4 is 5.43 Å². The third-order valence-electron chi connectivity index (χ3n) is 4.11. The molecule has 0 aliphatic carbocycles. The lowest BCUT2D eigenvalue weighted by Gasteiger charge is -2.26. The van der Waals surface area contributed by atoms with Gasteiger partial charge < -0.3 is 4.98 Å². The highest BCUT2D eigenvalue weighted by Crippen LogP contribution is 2.16. The molecular weight excluding hydrogens is 255 g/mol. The van der Waals surface area contributed by atoms with Crippen molar-refractivity contribution in [1.29, 1.82) is 0 Å². The van der Waals surface area contributed by atoms with Gasteiger partial charge in [0.2, 0.25) is 0 Å². The van der Waals surface area contributed by atoms with Crippen molar-refractivity contribution in [2.75, 3.05) is 13.1 Å². The number of nitrogens with one attached hydrogen (secondary N) is 1. The van der Waals surface area contributed by atoms with E-state index >= 15 is 0 Å². The van der Waals surface area contributed by atoms with E-state index in [1.807, 2.05) is 6.92 Å². The van der Waals surface area contributed by atoms with Crippen molar-refractivity contribution in [3.8, 4) is 0 Å². The number of pyridine rings is 1. The largest absolute Gasteiger partial charge is 0.358 e. The van der Waals surface area contributed by atoms with Gasteiger partial charge in [-0.2, -0.15) is 0 Å². The summed E-state index contributed by atoms with van der Waals surface area (Å²) in [7, 11) is 0. The fourth-order valence-corrected chi connectivity index (χ4v) is 2.96. The molecule has 0 saturated carbocycles. The number of aromatic amines is 1. The van der Waals surface area contributed by atoms with Crippen LogP contribution in [0.15, 0.2) is 23.0 Å². The molecule has 0 amide bonds. The highest BCUT2D eigenvalue weighted by molar-refractivity contribution is 5.79. The summed E-state index contributed by atoms with van der Waals surface area (Å²) in [5.74, 6) is -0.365. The lowest BCUT2D eigenvalue weighted by Crippen LogP contribution is -2.32. The molecule has 1 fully saturated rings. The number of fused-ring (bicyclic) bond motifs is 1. The molecule has 4 heteroatoms. The third-order valence-corrected chi connectivity index (χ3v) is 4.11. The van der Waals surface area contributed by atoms with Crippen LogP contribution in [0.2, 0.25) is 0 Å². The standard InChI is InChI=1S/C16H19FN2O/c1-11-14(10-19-7-3-2-4-8-19)16(20)13-9-12(17)5-6-15(13)18-11/h5-6,9H,2-4,7-8,10H2,1H3,(H,18,20). The number of rotatable bonds is 2. The first-order chi connectivity index (χ1) is 9.65. The number of hydrogen-bond donors (Lipinski definition) is 1. The van der Waals surface area contributed by atoms with E-state index in [0.29, 0.717) is 17.4 Å². The zero-order chi connectivity index (χ0) is 14.1. The molecule has 1 saturated heterocycles. The summed E-state index contributed by atoms with van der Waals surface area (Å²) in [5.41, 5.74) is 2.32. The van der Waals surface area contributed by atoms with Gasteiger partial charge in [-0.25, -0.2) is 4.39 Å². The van der Waals surface area contributed by atoms with Crippen molar-refractivity contribution in [1.82, 2.24) is 9.88 Å². The van der Waals surface area contributed by atoms with Crippen LogP contribution in [0.5, 0.6) is 0 Å². The molecule has 1 aliphatic heterocycles. The van der Waals surface area contributed by atoms with E-state index < -0.39 is 0 Å². The molecule has 3 rings (SSSR count). The average Bonchev–Trinajstić information content (AvgIpc) is 2.46. The first-order valence-electron chi connectivity index (χ1n) is 7.18. The molecule has 1 N–H and O–H groups in total. The molecule has 0 unspecified atom stereocenters. The Balaban J connectivity index is 2.03. The minimum absolute atomic E-state index is 0.0404. The van der Waals surface area contributed by atoms with Crippen LogP contribution in [0, 0.1) is 12.7 Å². The van der Waals surface area contributed by atoms with E-state index in [4.69, 9.17) is 0 Å². The number of nitrogens with zero attached hydrogens (tertiary/aromatic N) is 1. The molecule has 0 bridgehead atoms. The minimum atomic E-state index is -0.365. The van der Waals surface area contributed by atoms with Crippen molar-refractivity contribution < 1.29 is 4.39 Å². The van der Waals surface area contributed by atoms with Gasteiger partial charge in [0.25, 0.3) is 0 Å². The molecule has 0 atom stereocenters. The molecule has 2 aromatic rings. The number of H-pyrrole nitrogens is 1. The predicted molar refractivity (Wildman–Crippen MR) is 78.4 cm³/mol. The van der Waals surface area contributed by atoms with Gasteiger partial charge in [-0.3, -0.25) is 9.69 Å². The molecule has 1 aliphatic rings. The Kier molecular flexibility index (Phi) is 3.57. The van der Waals surface area contributed by atoms with Gasteiger partial charge in [0.05, 0.1) is 0 Å². The Hall–Kier alpha value is -1.68. The van der Waals surface area contributed by atoms with Gasteiger partial charge in [0, 0.05) is 28.7 Å². The second-order valence-electron chi connectivity index (χ2n) is 5.58. The van der Waals surface area contributed by atoms with Crippen molar-refractivity contribution >= 4 is 10.9 Å². The van der Waals surface area contributed by atoms with Gasteiger partial charge >= 0.3 is 0 Å². The van der Waals surface area contributed by atoms with Gasteiger partial charge in [0.15, 0.2) is 5.43 Å². The summed E-state index contributed by atoms with van der Waals surface area (Å²) < 4.78 is 13.3. The SMILES string of the molecule is Cc1[nH]c2ccc(F)cc2c(=O)c1CN1CCCCC1. The fraction of sp³-hybridized carbons (Fsp3) is 0.438. The minimum Gasteiger partial charge on any atom is -0.358 e. The third kappa shape index (κ3) is 2.48. The molecule has 20 heavy (non-hydrogen) atoms. The second-order valence-corrected chi connectivity index (χ2v) is 5.58. The van der Waals surface area contributed by atoms with Gasteiger partial charge in [0.1, 0.15) is 5.82 Å². The van der Waals surface area contributed by atoms with E-state index in [0.717, 1.165) is 24.3 Å². The Bertz CT molecular complexity index is 687. The van der Waals surface area contributed by atoms with E-state index in [1.54, 1.807) is 6.07 Å². The van der Waals surface area contributed by atoms with Crippen molar-refractivity contribution in [3.05, 3.63) is 45.5 Å². The number of benzene rings is 1. The predicted octanol–water partition coefficient (Wildman–Crippen LogP) is 2.96. The molecule has 3 nitrogen and oxygen atoms in total. The van der Waals surface area contributed by atoms with Crippen molar-refractivity contribution in [2.45, 2.75) is 32.7 Å². The maximum Gasteiger partial charge on any atom is 0.194 e. The topological polar surface area (TPSA) is 36.1 Å². The second kappa shape index (κ2) is 5.37. The number of piperidine rings is 1. The number of hydrogen-bond acceptors (Lipinski definition) is 2. The summed E-state index contributed by atoms with van der Waals surface area (Å²) in [6, 6.07) is 4.33. The summed E-state index contributed by atoms with van der Waals surface area (Å²) in [4.78, 5) is 18.1. The number of aromatic nitrogens is 1. The normalized spacial score (nSPS) is 16.7. The molecule has 106 valence electrons. The monoisotopic (exact) mass is 274 g/mol. The Morgan fingerprint density at radius 3 is 2.75 bits per heavy atom. The summed E-state index contributed by atoms with van der Waals surface area (Å²) in [6.45, 7) is 4.66. The molecule has 1 aromatic carbocycles. The zero-order valence-electron chi connectivity index (χ0n) is 11.7. The smallest absolute Gasteiger partial charge is 0.194 e. The van der Waals surface area contributed by atoms with Crippen LogP contribution >= 0.6 is 0 Å². The Morgan fingerprint density at radius 1 is 1.25 bits per heavy atom. The van der Waals surface area contributed by atoms with E-state index in [1.165, 1.54) is 31.4 Å². The highest BCUT2D eigenvalue weighted by Gasteiger charge is 2.15. The van der Waals surface area contributed by atoms with Gasteiger partial charge in [-0.05, 0) is 51.1 Å². The lowest BCUT2D eigenvalue weighted by atomic mass is 10.1. The van der Waals surface area contributed by atoms with Crippen LogP contribution in [-0.2, 0) is 6.54 Å². The Labute approximate surface area is 117 Å². The van der Waals surface area contributed by atoms with Crippen LogP contribution in [-0.4, -0.2) is 23.0 Å². The van der Waals surface area contributed by atoms with Crippen LogP contribution in [0.3, 0.4) is 0 Å². The zero-order valence-corrected chi connectivity index (χ0v) is 11.7. The number of halogens is 1. The highest BCUT2D eigenvalue weighted by atomic mass is 19.1. The summed E-state index contributed by atoms with van der Waals surface area (Å²) in [5, 5.41) is 0.447. The number of likely N-dealkylation sites (tertiary alicyclic amines) is 1. The molecular formula is C16H19FN2O. The fourth-order valence-electron chi connectivity index (χ4n) is 2.96. The molecule has 2 heterocycles. The van der Waals surface area contributed by atoms with E-state index in [2.05, 4.69) is 9.88 Å². The quantitative estimate of drug-likeness (QED) is 0.914. The van der Waals surface area contributed by atoms with Crippen LogP contribution in [0.1, 0.15) is 30.5 Å².